The zero-order valence-electron chi connectivity index (χ0n) is 9.42. The molecular weight excluding hydrogens is 231 g/mol. The number of aliphatic hydroxyl groups excluding tert-OH is 3. The molecule has 8 nitrogen and oxygen atoms in total. The van der Waals surface area contributed by atoms with Crippen molar-refractivity contribution >= 4 is 14.1 Å². The third kappa shape index (κ3) is 6.69. The second kappa shape index (κ2) is 6.29. The van der Waals surface area contributed by atoms with E-state index in [1.165, 1.54) is 0 Å². The predicted molar refractivity (Wildman–Crippen MR) is 46.7 cm³/mol. The number of rotatable bonds is 7. The van der Waals surface area contributed by atoms with Crippen LogP contribution in [0.2, 0.25) is 0 Å². The lowest BCUT2D eigenvalue weighted by Gasteiger charge is -2.21. The van der Waals surface area contributed by atoms with Gasteiger partial charge < -0.3 is 29.9 Å². The molecule has 0 fully saturated rings. The van der Waals surface area contributed by atoms with Crippen LogP contribution in [0.15, 0.2) is 0 Å². The molecule has 4 atom stereocenters. The van der Waals surface area contributed by atoms with E-state index in [-0.39, 0.29) is 0 Å². The minimum Gasteiger partial charge on any atom is -0.390 e. The van der Waals surface area contributed by atoms with Crippen molar-refractivity contribution < 1.29 is 41.7 Å². The minimum absolute atomic E-state index is 0.999. The van der Waals surface area contributed by atoms with Crippen molar-refractivity contribution in [2.75, 3.05) is 6.61 Å². The van der Waals surface area contributed by atoms with Crippen LogP contribution in [0.25, 0.3) is 0 Å². The van der Waals surface area contributed by atoms with E-state index >= 15 is 0 Å². The Balaban J connectivity index is 4.34. The van der Waals surface area contributed by atoms with Gasteiger partial charge in [0.25, 0.3) is 0 Å². The maximum atomic E-state index is 10.4. The van der Waals surface area contributed by atoms with E-state index in [1.54, 1.807) is 0 Å². The molecule has 90 valence electrons. The topological polar surface area (TPSA) is 145 Å². The number of phosphoric ester groups is 1. The highest BCUT2D eigenvalue weighted by Crippen LogP contribution is 2.35. The molecule has 0 aromatic rings. The number of phosphoric acid groups is 1. The van der Waals surface area contributed by atoms with Gasteiger partial charge in [-0.15, -0.1) is 0 Å². The second-order valence-corrected chi connectivity index (χ2v) is 3.86. The van der Waals surface area contributed by atoms with Crippen molar-refractivity contribution in [2.24, 2.45) is 0 Å². The lowest BCUT2D eigenvalue weighted by atomic mass is 10.1. The van der Waals surface area contributed by atoms with Gasteiger partial charge in [0.15, 0.2) is 0 Å². The van der Waals surface area contributed by atoms with Crippen molar-refractivity contribution in [1.82, 2.24) is 0 Å². The zero-order chi connectivity index (χ0) is 13.8. The molecule has 0 saturated heterocycles. The standard InChI is InChI=1S/C6H13O8P/c7-2-1-4(8)6(10)5(9)3-14-15(11,12)13/h2,4-6,8-10H,1,3H2,(H2,11,12,13)/t4-,5-,6+/m1/s1/i1T,2T/t1-,4-,5-,6+. The lowest BCUT2D eigenvalue weighted by Crippen LogP contribution is -2.40. The maximum absolute atomic E-state index is 10.4. The largest absolute Gasteiger partial charge is 0.469 e. The van der Waals surface area contributed by atoms with E-state index in [0.29, 0.717) is 0 Å². The Kier molecular flexibility index (Phi) is 4.68. The molecule has 0 aliphatic rings. The van der Waals surface area contributed by atoms with Crippen molar-refractivity contribution in [3.63, 3.8) is 0 Å². The Labute approximate surface area is 88.2 Å². The first-order chi connectivity index (χ1) is 7.56. The normalized spacial score (nSPS) is 22.2. The van der Waals surface area contributed by atoms with E-state index < -0.39 is 45.4 Å². The van der Waals surface area contributed by atoms with Crippen LogP contribution >= 0.6 is 7.82 Å². The summed E-state index contributed by atoms with van der Waals surface area (Å²) in [4.78, 5) is 27.0. The number of aliphatic hydroxyl groups is 3. The molecule has 0 saturated carbocycles. The molecule has 0 aliphatic carbocycles. The molecule has 15 heavy (non-hydrogen) atoms. The van der Waals surface area contributed by atoms with Gasteiger partial charge in [-0.05, 0) is 0 Å². The second-order valence-electron chi connectivity index (χ2n) is 2.62. The van der Waals surface area contributed by atoms with E-state index in [1.807, 2.05) is 0 Å². The van der Waals surface area contributed by atoms with E-state index in [9.17, 15) is 14.5 Å². The summed E-state index contributed by atoms with van der Waals surface area (Å²) in [5.74, 6) is 0. The Bertz CT molecular complexity index is 306. The minimum atomic E-state index is -4.84. The summed E-state index contributed by atoms with van der Waals surface area (Å²) in [6, 6.07) is 0. The first-order valence-corrected chi connectivity index (χ1v) is 5.26. The molecule has 0 spiro atoms. The quantitative estimate of drug-likeness (QED) is 0.251. The lowest BCUT2D eigenvalue weighted by molar-refractivity contribution is -0.115. The zero-order valence-corrected chi connectivity index (χ0v) is 8.32. The van der Waals surface area contributed by atoms with Gasteiger partial charge in [0.2, 0.25) is 0 Å². The molecular formula is C6H13O8P. The molecule has 0 aliphatic heterocycles. The van der Waals surface area contributed by atoms with Crippen LogP contribution in [0, 0.1) is 0 Å². The van der Waals surface area contributed by atoms with Gasteiger partial charge >= 0.3 is 7.82 Å². The van der Waals surface area contributed by atoms with E-state index in [0.717, 1.165) is 0 Å². The first-order valence-electron chi connectivity index (χ1n) is 4.81. The fourth-order valence-corrected chi connectivity index (χ4v) is 1.01. The molecule has 0 unspecified atom stereocenters. The van der Waals surface area contributed by atoms with Gasteiger partial charge in [0, 0.05) is 7.77 Å². The average Bonchev–Trinajstić information content (AvgIpc) is 2.21. The van der Waals surface area contributed by atoms with Crippen LogP contribution in [0.5, 0.6) is 0 Å². The van der Waals surface area contributed by atoms with Crippen molar-refractivity contribution in [3.05, 3.63) is 0 Å². The van der Waals surface area contributed by atoms with Crippen molar-refractivity contribution in [1.29, 1.82) is 0 Å². The molecule has 0 amide bonds. The Hall–Kier alpha value is -0.340. The van der Waals surface area contributed by atoms with Crippen LogP contribution in [0.4, 0.5) is 0 Å². The van der Waals surface area contributed by atoms with Crippen LogP contribution < -0.4 is 0 Å². The molecule has 5 N–H and O–H groups in total. The highest BCUT2D eigenvalue weighted by molar-refractivity contribution is 7.46. The Morgan fingerprint density at radius 1 is 1.40 bits per heavy atom. The molecule has 0 radical (unpaired) electrons. The number of hydrogen-bond acceptors (Lipinski definition) is 6. The predicted octanol–water partition coefficient (Wildman–Crippen LogP) is -2.23. The van der Waals surface area contributed by atoms with Crippen LogP contribution in [0.3, 0.4) is 0 Å². The van der Waals surface area contributed by atoms with Gasteiger partial charge in [-0.2, -0.15) is 0 Å². The van der Waals surface area contributed by atoms with E-state index in [2.05, 4.69) is 4.52 Å². The smallest absolute Gasteiger partial charge is 0.390 e. The Morgan fingerprint density at radius 3 is 2.33 bits per heavy atom. The monoisotopic (exact) mass is 248 g/mol. The number of carbonyl (C=O) groups excluding carboxylic acids is 1. The van der Waals surface area contributed by atoms with Crippen LogP contribution in [0.1, 0.15) is 9.14 Å². The summed E-state index contributed by atoms with van der Waals surface area (Å²) in [6.45, 7) is -0.999. The highest BCUT2D eigenvalue weighted by Gasteiger charge is 2.27. The fraction of sp³-hybridized carbons (Fsp3) is 0.833. The molecule has 0 heterocycles. The molecule has 9 heteroatoms. The van der Waals surface area contributed by atoms with Gasteiger partial charge in [0.1, 0.15) is 19.8 Å². The van der Waals surface area contributed by atoms with Crippen LogP contribution in [-0.4, -0.2) is 56.3 Å². The third-order valence-electron chi connectivity index (χ3n) is 1.40. The fourth-order valence-electron chi connectivity index (χ4n) is 0.668. The number of hydrogen-bond donors (Lipinski definition) is 5. The summed E-state index contributed by atoms with van der Waals surface area (Å²) in [5, 5.41) is 27.5. The van der Waals surface area contributed by atoms with Gasteiger partial charge in [-0.25, -0.2) is 4.57 Å². The first kappa shape index (κ1) is 11.2. The van der Waals surface area contributed by atoms with Gasteiger partial charge in [-0.3, -0.25) is 4.52 Å². The molecule has 0 bridgehead atoms. The van der Waals surface area contributed by atoms with Gasteiger partial charge in [0.05, 0.1) is 12.7 Å². The van der Waals surface area contributed by atoms with E-state index in [4.69, 9.17) is 22.7 Å². The average molecular weight is 248 g/mol. The summed E-state index contributed by atoms with van der Waals surface area (Å²) < 4.78 is 27.6. The number of aldehydes is 1. The summed E-state index contributed by atoms with van der Waals surface area (Å²) >= 11 is 0. The maximum Gasteiger partial charge on any atom is 0.469 e. The third-order valence-corrected chi connectivity index (χ3v) is 1.88. The molecule has 0 aromatic heterocycles. The SMILES string of the molecule is [3H]C(=O)[C@@H]([3H])[C@@H](O)[C@H](O)[C@H](O)COP(=O)(O)O. The highest BCUT2D eigenvalue weighted by atomic mass is 31.2. The summed E-state index contributed by atoms with van der Waals surface area (Å²) in [7, 11) is -4.84. The number of carbonyl (C=O) groups is 1. The Morgan fingerprint density at radius 2 is 1.93 bits per heavy atom. The summed E-state index contributed by atoms with van der Waals surface area (Å²) in [6.07, 6.45) is -9.48. The van der Waals surface area contributed by atoms with Crippen LogP contribution in [-0.2, 0) is 13.9 Å². The van der Waals surface area contributed by atoms with Crippen molar-refractivity contribution in [3.8, 4) is 0 Å². The summed E-state index contributed by atoms with van der Waals surface area (Å²) in [5.41, 5.74) is 0. The van der Waals surface area contributed by atoms with Crippen molar-refractivity contribution in [2.45, 2.75) is 24.7 Å². The van der Waals surface area contributed by atoms with Gasteiger partial charge in [-0.1, -0.05) is 0 Å². The molecule has 0 rings (SSSR count). The molecule has 0 aromatic carbocycles.